The van der Waals surface area contributed by atoms with Crippen LogP contribution in [0.1, 0.15) is 35.7 Å². The lowest BCUT2D eigenvalue weighted by Crippen LogP contribution is -2.47. The fraction of sp³-hybridized carbons (Fsp3) is 0.579. The Morgan fingerprint density at radius 1 is 1.26 bits per heavy atom. The Hall–Kier alpha value is -2.64. The first-order chi connectivity index (χ1) is 12.9. The smallest absolute Gasteiger partial charge is 0.242 e. The van der Waals surface area contributed by atoms with Gasteiger partial charge in [-0.3, -0.25) is 9.59 Å². The van der Waals surface area contributed by atoms with Crippen LogP contribution in [0.4, 0.5) is 0 Å². The summed E-state index contributed by atoms with van der Waals surface area (Å²) in [4.78, 5) is 33.8. The van der Waals surface area contributed by atoms with Crippen LogP contribution in [-0.4, -0.2) is 55.5 Å². The van der Waals surface area contributed by atoms with Crippen LogP contribution in [0.15, 0.2) is 16.9 Å². The van der Waals surface area contributed by atoms with Crippen LogP contribution >= 0.6 is 0 Å². The molecular formula is C19H25N5O3. The minimum Gasteiger partial charge on any atom is -0.361 e. The number of piperidine rings is 1. The Kier molecular flexibility index (Phi) is 4.49. The first-order valence-corrected chi connectivity index (χ1v) is 9.41. The van der Waals surface area contributed by atoms with Crippen LogP contribution in [0.25, 0.3) is 0 Å². The summed E-state index contributed by atoms with van der Waals surface area (Å²) in [7, 11) is 0. The van der Waals surface area contributed by atoms with E-state index in [-0.39, 0.29) is 30.3 Å². The van der Waals surface area contributed by atoms with Crippen molar-refractivity contribution in [2.75, 3.05) is 13.1 Å². The number of fused-ring (bicyclic) bond motifs is 4. The van der Waals surface area contributed by atoms with Gasteiger partial charge in [0.1, 0.15) is 18.1 Å². The molecule has 2 aromatic heterocycles. The third-order valence-electron chi connectivity index (χ3n) is 5.88. The molecule has 5 heterocycles. The van der Waals surface area contributed by atoms with Crippen molar-refractivity contribution in [3.05, 3.63) is 35.2 Å². The number of hydrogen-bond donors (Lipinski definition) is 0. The van der Waals surface area contributed by atoms with E-state index in [1.54, 1.807) is 6.20 Å². The molecule has 2 bridgehead atoms. The van der Waals surface area contributed by atoms with Crippen LogP contribution in [0.3, 0.4) is 0 Å². The number of imidazole rings is 1. The zero-order valence-electron chi connectivity index (χ0n) is 16.0. The van der Waals surface area contributed by atoms with Gasteiger partial charge in [-0.25, -0.2) is 4.98 Å². The Balaban J connectivity index is 1.52. The van der Waals surface area contributed by atoms with Crippen LogP contribution in [-0.2, 0) is 22.7 Å². The zero-order valence-corrected chi connectivity index (χ0v) is 16.0. The number of aromatic nitrogens is 3. The van der Waals surface area contributed by atoms with E-state index in [1.807, 2.05) is 41.3 Å². The monoisotopic (exact) mass is 371 g/mol. The van der Waals surface area contributed by atoms with E-state index in [2.05, 4.69) is 10.1 Å². The normalized spacial score (nSPS) is 22.4. The van der Waals surface area contributed by atoms with Crippen LogP contribution in [0, 0.1) is 26.7 Å². The van der Waals surface area contributed by atoms with Crippen LogP contribution in [0.2, 0.25) is 0 Å². The van der Waals surface area contributed by atoms with E-state index in [9.17, 15) is 9.59 Å². The summed E-state index contributed by atoms with van der Waals surface area (Å²) < 4.78 is 7.10. The number of carbonyl (C=O) groups excluding carboxylic acids is 2. The molecule has 3 aliphatic heterocycles. The van der Waals surface area contributed by atoms with Gasteiger partial charge < -0.3 is 18.9 Å². The Bertz CT molecular complexity index is 851. The van der Waals surface area contributed by atoms with Gasteiger partial charge in [-0.05, 0) is 33.6 Å². The van der Waals surface area contributed by atoms with E-state index >= 15 is 0 Å². The third kappa shape index (κ3) is 3.24. The van der Waals surface area contributed by atoms with Gasteiger partial charge in [0.25, 0.3) is 0 Å². The summed E-state index contributed by atoms with van der Waals surface area (Å²) in [5.41, 5.74) is 1.80. The molecule has 2 amide bonds. The zero-order chi connectivity index (χ0) is 19.1. The Morgan fingerprint density at radius 3 is 2.74 bits per heavy atom. The average molecular weight is 371 g/mol. The highest BCUT2D eigenvalue weighted by molar-refractivity contribution is 5.83. The van der Waals surface area contributed by atoms with Crippen molar-refractivity contribution in [3.63, 3.8) is 0 Å². The number of carbonyl (C=O) groups is 2. The summed E-state index contributed by atoms with van der Waals surface area (Å²) in [6, 6.07) is 0.0396. The SMILES string of the molecule is Cc1noc(C)c1CN1C(=O)[C@@H]2CC[C@H]1CN(C(=O)Cn1ccnc1C)C2. The molecule has 2 aromatic rings. The molecule has 0 radical (unpaired) electrons. The maximum atomic E-state index is 13.0. The van der Waals surface area contributed by atoms with Gasteiger partial charge in [0.15, 0.2) is 0 Å². The summed E-state index contributed by atoms with van der Waals surface area (Å²) in [5, 5.41) is 4.00. The summed E-state index contributed by atoms with van der Waals surface area (Å²) in [6.07, 6.45) is 5.28. The van der Waals surface area contributed by atoms with Gasteiger partial charge >= 0.3 is 0 Å². The van der Waals surface area contributed by atoms with Crippen molar-refractivity contribution in [2.45, 2.75) is 52.7 Å². The first-order valence-electron chi connectivity index (χ1n) is 9.41. The Morgan fingerprint density at radius 2 is 2.07 bits per heavy atom. The number of rotatable bonds is 4. The second kappa shape index (κ2) is 6.83. The van der Waals surface area contributed by atoms with Gasteiger partial charge in [0.2, 0.25) is 11.8 Å². The molecular weight excluding hydrogens is 346 g/mol. The fourth-order valence-corrected chi connectivity index (χ4v) is 4.17. The second-order valence-electron chi connectivity index (χ2n) is 7.60. The molecule has 0 saturated carbocycles. The quantitative estimate of drug-likeness (QED) is 0.812. The highest BCUT2D eigenvalue weighted by Gasteiger charge is 2.42. The molecule has 8 heteroatoms. The van der Waals surface area contributed by atoms with Gasteiger partial charge in [-0.15, -0.1) is 0 Å². The van der Waals surface area contributed by atoms with Crippen molar-refractivity contribution >= 4 is 11.8 Å². The molecule has 0 N–H and O–H groups in total. The molecule has 0 aliphatic carbocycles. The van der Waals surface area contributed by atoms with Crippen LogP contribution < -0.4 is 0 Å². The van der Waals surface area contributed by atoms with E-state index in [1.165, 1.54) is 0 Å². The van der Waals surface area contributed by atoms with Crippen LogP contribution in [0.5, 0.6) is 0 Å². The lowest BCUT2D eigenvalue weighted by molar-refractivity contribution is -0.140. The predicted octanol–water partition coefficient (Wildman–Crippen LogP) is 1.45. The lowest BCUT2D eigenvalue weighted by atomic mass is 9.93. The molecule has 3 aliphatic rings. The van der Waals surface area contributed by atoms with Gasteiger partial charge in [0.05, 0.1) is 18.2 Å². The van der Waals surface area contributed by atoms with E-state index in [0.717, 1.165) is 35.7 Å². The molecule has 5 rings (SSSR count). The second-order valence-corrected chi connectivity index (χ2v) is 7.60. The minimum absolute atomic E-state index is 0.0396. The lowest BCUT2D eigenvalue weighted by Gasteiger charge is -2.35. The molecule has 27 heavy (non-hydrogen) atoms. The molecule has 0 unspecified atom stereocenters. The topological polar surface area (TPSA) is 84.5 Å². The molecule has 2 atom stereocenters. The summed E-state index contributed by atoms with van der Waals surface area (Å²) >= 11 is 0. The predicted molar refractivity (Wildman–Crippen MR) is 96.6 cm³/mol. The average Bonchev–Trinajstić information content (AvgIpc) is 3.04. The summed E-state index contributed by atoms with van der Waals surface area (Å²) in [6.45, 7) is 7.51. The molecule has 144 valence electrons. The minimum atomic E-state index is -0.128. The van der Waals surface area contributed by atoms with Gasteiger partial charge in [0, 0.05) is 37.1 Å². The fourth-order valence-electron chi connectivity index (χ4n) is 4.17. The standard InChI is InChI=1S/C19H25N5O3/c1-12-17(13(2)27-21-12)10-24-16-5-4-15(19(24)26)8-23(9-16)18(25)11-22-7-6-20-14(22)3/h6-7,15-16H,4-5,8-11H2,1-3H3/t15-,16+/m1/s1. The molecule has 3 saturated heterocycles. The van der Waals surface area contributed by atoms with Crippen molar-refractivity contribution in [3.8, 4) is 0 Å². The van der Waals surface area contributed by atoms with Crippen molar-refractivity contribution in [1.29, 1.82) is 0 Å². The highest BCUT2D eigenvalue weighted by atomic mass is 16.5. The molecule has 0 aromatic carbocycles. The maximum absolute atomic E-state index is 13.0. The van der Waals surface area contributed by atoms with Gasteiger partial charge in [-0.1, -0.05) is 5.16 Å². The molecule has 0 spiro atoms. The molecule has 3 fully saturated rings. The molecule has 8 nitrogen and oxygen atoms in total. The van der Waals surface area contributed by atoms with Crippen molar-refractivity contribution in [2.24, 2.45) is 5.92 Å². The number of hydrogen-bond acceptors (Lipinski definition) is 5. The largest absolute Gasteiger partial charge is 0.361 e. The third-order valence-corrected chi connectivity index (χ3v) is 5.88. The summed E-state index contributed by atoms with van der Waals surface area (Å²) in [5.74, 6) is 1.62. The maximum Gasteiger partial charge on any atom is 0.242 e. The van der Waals surface area contributed by atoms with Gasteiger partial charge in [-0.2, -0.15) is 0 Å². The highest BCUT2D eigenvalue weighted by Crippen LogP contribution is 2.31. The number of aryl methyl sites for hydroxylation is 3. The van der Waals surface area contributed by atoms with E-state index in [0.29, 0.717) is 19.6 Å². The number of amides is 2. The Labute approximate surface area is 158 Å². The van der Waals surface area contributed by atoms with E-state index in [4.69, 9.17) is 4.52 Å². The van der Waals surface area contributed by atoms with E-state index < -0.39 is 0 Å². The van der Waals surface area contributed by atoms with Crippen molar-refractivity contribution < 1.29 is 14.1 Å². The van der Waals surface area contributed by atoms with Crippen molar-refractivity contribution in [1.82, 2.24) is 24.5 Å². The first kappa shape index (κ1) is 17.8. The number of nitrogens with zero attached hydrogens (tertiary/aromatic N) is 5.